The molecule has 5 nitrogen and oxygen atoms in total. The number of hydrogen-bond donors (Lipinski definition) is 2. The van der Waals surface area contributed by atoms with E-state index in [2.05, 4.69) is 19.2 Å². The first kappa shape index (κ1) is 17.0. The number of carboxylic acids is 1. The molecule has 2 N–H and O–H groups in total. The molecular formula is C15H28N2O3. The van der Waals surface area contributed by atoms with E-state index in [1.165, 1.54) is 0 Å². The van der Waals surface area contributed by atoms with Gasteiger partial charge in [0, 0.05) is 32.0 Å². The van der Waals surface area contributed by atoms with Gasteiger partial charge in [-0.05, 0) is 38.1 Å². The van der Waals surface area contributed by atoms with Gasteiger partial charge in [0.05, 0.1) is 0 Å². The lowest BCUT2D eigenvalue weighted by atomic mass is 9.93. The molecule has 0 aliphatic carbocycles. The Bertz CT molecular complexity index is 318. The van der Waals surface area contributed by atoms with Gasteiger partial charge in [0.1, 0.15) is 0 Å². The van der Waals surface area contributed by atoms with Crippen LogP contribution in [0.25, 0.3) is 0 Å². The molecule has 1 saturated heterocycles. The molecule has 20 heavy (non-hydrogen) atoms. The summed E-state index contributed by atoms with van der Waals surface area (Å²) in [6.07, 6.45) is 4.41. The molecule has 1 heterocycles. The van der Waals surface area contributed by atoms with Crippen LogP contribution in [0.3, 0.4) is 0 Å². The predicted molar refractivity (Wildman–Crippen MR) is 78.5 cm³/mol. The lowest BCUT2D eigenvalue weighted by molar-refractivity contribution is -0.137. The van der Waals surface area contributed by atoms with Gasteiger partial charge in [-0.15, -0.1) is 0 Å². The van der Waals surface area contributed by atoms with Crippen LogP contribution in [0.2, 0.25) is 0 Å². The van der Waals surface area contributed by atoms with Crippen molar-refractivity contribution in [3.8, 4) is 0 Å². The molecule has 0 saturated carbocycles. The fourth-order valence-electron chi connectivity index (χ4n) is 2.64. The number of nitrogens with one attached hydrogen (secondary N) is 1. The van der Waals surface area contributed by atoms with Crippen molar-refractivity contribution < 1.29 is 14.7 Å². The van der Waals surface area contributed by atoms with Crippen LogP contribution >= 0.6 is 0 Å². The Kier molecular flexibility index (Phi) is 7.59. The monoisotopic (exact) mass is 284 g/mol. The summed E-state index contributed by atoms with van der Waals surface area (Å²) in [5, 5.41) is 12.0. The third-order valence-corrected chi connectivity index (χ3v) is 3.76. The largest absolute Gasteiger partial charge is 0.481 e. The minimum atomic E-state index is -0.742. The average Bonchev–Trinajstić information content (AvgIpc) is 2.41. The number of carbonyl (C=O) groups is 2. The highest BCUT2D eigenvalue weighted by Crippen LogP contribution is 2.21. The van der Waals surface area contributed by atoms with E-state index >= 15 is 0 Å². The second-order valence-corrected chi connectivity index (χ2v) is 5.99. The fourth-order valence-corrected chi connectivity index (χ4v) is 2.64. The highest BCUT2D eigenvalue weighted by atomic mass is 16.4. The lowest BCUT2D eigenvalue weighted by Crippen LogP contribution is -2.40. The molecule has 0 radical (unpaired) electrons. The number of nitrogens with zero attached hydrogens (tertiary/aromatic N) is 1. The van der Waals surface area contributed by atoms with Gasteiger partial charge >= 0.3 is 5.97 Å². The van der Waals surface area contributed by atoms with Crippen molar-refractivity contribution in [2.75, 3.05) is 19.6 Å². The van der Waals surface area contributed by atoms with Crippen LogP contribution in [0.1, 0.15) is 52.4 Å². The van der Waals surface area contributed by atoms with E-state index in [-0.39, 0.29) is 12.3 Å². The summed E-state index contributed by atoms with van der Waals surface area (Å²) < 4.78 is 0. The van der Waals surface area contributed by atoms with Gasteiger partial charge < -0.3 is 15.3 Å². The second-order valence-electron chi connectivity index (χ2n) is 5.99. The van der Waals surface area contributed by atoms with Gasteiger partial charge in [-0.1, -0.05) is 13.8 Å². The Morgan fingerprint density at radius 3 is 2.75 bits per heavy atom. The molecule has 1 unspecified atom stereocenters. The van der Waals surface area contributed by atoms with E-state index in [0.717, 1.165) is 38.9 Å². The Hall–Kier alpha value is -1.10. The quantitative estimate of drug-likeness (QED) is 0.668. The van der Waals surface area contributed by atoms with Gasteiger partial charge in [-0.25, -0.2) is 0 Å². The van der Waals surface area contributed by atoms with E-state index in [0.29, 0.717) is 24.8 Å². The molecule has 1 atom stereocenters. The highest BCUT2D eigenvalue weighted by molar-refractivity contribution is 5.76. The Labute approximate surface area is 121 Å². The maximum absolute atomic E-state index is 12.1. The zero-order valence-electron chi connectivity index (χ0n) is 12.7. The summed E-state index contributed by atoms with van der Waals surface area (Å²) in [7, 11) is 0. The molecule has 0 aromatic rings. The molecule has 0 aromatic carbocycles. The minimum Gasteiger partial charge on any atom is -0.481 e. The minimum absolute atomic E-state index is 0.213. The standard InChI is InChI=1S/C15H28N2O3/c1-12(2)16-9-3-6-14(18)17-10-4-5-13(11-17)7-8-15(19)20/h12-13,16H,3-11H2,1-2H3,(H,19,20). The molecule has 0 aromatic heterocycles. The number of aliphatic carboxylic acids is 1. The Balaban J connectivity index is 2.23. The first-order valence-electron chi connectivity index (χ1n) is 7.72. The summed E-state index contributed by atoms with van der Waals surface area (Å²) in [5.74, 6) is -0.165. The first-order chi connectivity index (χ1) is 9.49. The number of amides is 1. The Morgan fingerprint density at radius 2 is 2.10 bits per heavy atom. The molecular weight excluding hydrogens is 256 g/mol. The maximum atomic E-state index is 12.1. The number of piperidine rings is 1. The van der Waals surface area contributed by atoms with E-state index in [1.54, 1.807) is 0 Å². The molecule has 1 aliphatic rings. The van der Waals surface area contributed by atoms with E-state index < -0.39 is 5.97 Å². The number of carboxylic acid groups (broad SMARTS) is 1. The Morgan fingerprint density at radius 1 is 1.35 bits per heavy atom. The van der Waals surface area contributed by atoms with Crippen LogP contribution in [-0.4, -0.2) is 47.6 Å². The molecule has 0 bridgehead atoms. The number of hydrogen-bond acceptors (Lipinski definition) is 3. The molecule has 1 rings (SSSR count). The number of likely N-dealkylation sites (tertiary alicyclic amines) is 1. The number of carbonyl (C=O) groups excluding carboxylic acids is 1. The maximum Gasteiger partial charge on any atom is 0.303 e. The SMILES string of the molecule is CC(C)NCCCC(=O)N1CCCC(CCC(=O)O)C1. The van der Waals surface area contributed by atoms with Crippen LogP contribution in [0.15, 0.2) is 0 Å². The third kappa shape index (κ3) is 6.89. The average molecular weight is 284 g/mol. The number of rotatable bonds is 8. The molecule has 1 amide bonds. The summed E-state index contributed by atoms with van der Waals surface area (Å²) >= 11 is 0. The zero-order chi connectivity index (χ0) is 15.0. The molecule has 116 valence electrons. The summed E-state index contributed by atoms with van der Waals surface area (Å²) in [6, 6.07) is 0.459. The van der Waals surface area contributed by atoms with Crippen LogP contribution in [-0.2, 0) is 9.59 Å². The van der Waals surface area contributed by atoms with E-state index in [4.69, 9.17) is 5.11 Å². The summed E-state index contributed by atoms with van der Waals surface area (Å²) in [6.45, 7) is 6.64. The fraction of sp³-hybridized carbons (Fsp3) is 0.867. The van der Waals surface area contributed by atoms with Crippen molar-refractivity contribution in [3.05, 3.63) is 0 Å². The molecule has 0 spiro atoms. The lowest BCUT2D eigenvalue weighted by Gasteiger charge is -2.32. The molecule has 5 heteroatoms. The first-order valence-corrected chi connectivity index (χ1v) is 7.72. The topological polar surface area (TPSA) is 69.6 Å². The van der Waals surface area contributed by atoms with Crippen LogP contribution < -0.4 is 5.32 Å². The van der Waals surface area contributed by atoms with Crippen molar-refractivity contribution >= 4 is 11.9 Å². The molecule has 1 fully saturated rings. The molecule has 1 aliphatic heterocycles. The van der Waals surface area contributed by atoms with E-state index in [1.807, 2.05) is 4.90 Å². The third-order valence-electron chi connectivity index (χ3n) is 3.76. The normalized spacial score (nSPS) is 19.4. The van der Waals surface area contributed by atoms with Crippen molar-refractivity contribution in [1.29, 1.82) is 0 Å². The van der Waals surface area contributed by atoms with Gasteiger partial charge in [0.2, 0.25) is 5.91 Å². The van der Waals surface area contributed by atoms with Crippen molar-refractivity contribution in [1.82, 2.24) is 10.2 Å². The van der Waals surface area contributed by atoms with Crippen molar-refractivity contribution in [2.24, 2.45) is 5.92 Å². The van der Waals surface area contributed by atoms with Crippen LogP contribution in [0.4, 0.5) is 0 Å². The van der Waals surface area contributed by atoms with Crippen LogP contribution in [0, 0.1) is 5.92 Å². The van der Waals surface area contributed by atoms with Crippen molar-refractivity contribution in [2.45, 2.75) is 58.4 Å². The summed E-state index contributed by atoms with van der Waals surface area (Å²) in [4.78, 5) is 24.6. The summed E-state index contributed by atoms with van der Waals surface area (Å²) in [5.41, 5.74) is 0. The van der Waals surface area contributed by atoms with Gasteiger partial charge in [-0.3, -0.25) is 9.59 Å². The van der Waals surface area contributed by atoms with Gasteiger partial charge in [0.25, 0.3) is 0 Å². The van der Waals surface area contributed by atoms with Crippen molar-refractivity contribution in [3.63, 3.8) is 0 Å². The second kappa shape index (κ2) is 8.95. The predicted octanol–water partition coefficient (Wildman–Crippen LogP) is 1.87. The zero-order valence-corrected chi connectivity index (χ0v) is 12.7. The van der Waals surface area contributed by atoms with Gasteiger partial charge in [0.15, 0.2) is 0 Å². The highest BCUT2D eigenvalue weighted by Gasteiger charge is 2.23. The van der Waals surface area contributed by atoms with Gasteiger partial charge in [-0.2, -0.15) is 0 Å². The van der Waals surface area contributed by atoms with Crippen LogP contribution in [0.5, 0.6) is 0 Å². The van der Waals surface area contributed by atoms with E-state index in [9.17, 15) is 9.59 Å². The smallest absolute Gasteiger partial charge is 0.303 e.